The summed E-state index contributed by atoms with van der Waals surface area (Å²) in [5.74, 6) is 0. The van der Waals surface area contributed by atoms with Gasteiger partial charge in [0.05, 0.1) is 20.8 Å². The number of hydrogen-bond acceptors (Lipinski definition) is 0. The smallest absolute Gasteiger partial charge is 0.0780 e. The molecule has 0 heterocycles. The number of halogens is 3. The Bertz CT molecular complexity index is 236. The fourth-order valence-electron chi connectivity index (χ4n) is 0.556. The van der Waals surface area contributed by atoms with Crippen LogP contribution in [0.1, 0.15) is 0 Å². The first-order valence-electron chi connectivity index (χ1n) is 2.47. The van der Waals surface area contributed by atoms with Crippen LogP contribution in [-0.4, -0.2) is 0 Å². The Balaban J connectivity index is 3.31. The van der Waals surface area contributed by atoms with Gasteiger partial charge in [-0.2, -0.15) is 0 Å². The average molecular weight is 195 g/mol. The molecular formula is C6H3Cl3N. The zero-order valence-electron chi connectivity index (χ0n) is 4.79. The Labute approximate surface area is 73.7 Å². The van der Waals surface area contributed by atoms with E-state index in [1.54, 1.807) is 0 Å². The molecular weight excluding hydrogens is 192 g/mol. The molecule has 0 aliphatic carbocycles. The summed E-state index contributed by atoms with van der Waals surface area (Å²) in [4.78, 5) is 0. The van der Waals surface area contributed by atoms with Crippen molar-refractivity contribution < 1.29 is 0 Å². The Morgan fingerprint density at radius 1 is 1.00 bits per heavy atom. The van der Waals surface area contributed by atoms with Gasteiger partial charge in [-0.05, 0) is 12.1 Å². The summed E-state index contributed by atoms with van der Waals surface area (Å²) in [6.45, 7) is 0. The van der Waals surface area contributed by atoms with E-state index in [-0.39, 0.29) is 5.69 Å². The molecule has 0 amide bonds. The third-order valence-electron chi connectivity index (χ3n) is 0.984. The van der Waals surface area contributed by atoms with E-state index in [2.05, 4.69) is 0 Å². The van der Waals surface area contributed by atoms with E-state index in [0.29, 0.717) is 15.1 Å². The van der Waals surface area contributed by atoms with Crippen molar-refractivity contribution in [2.75, 3.05) is 0 Å². The molecule has 0 unspecified atom stereocenters. The molecule has 0 spiro atoms. The first kappa shape index (κ1) is 7.99. The van der Waals surface area contributed by atoms with Gasteiger partial charge in [-0.25, -0.2) is 0 Å². The minimum Gasteiger partial charge on any atom is -0.301 e. The fraction of sp³-hybridized carbons (Fsp3) is 0. The van der Waals surface area contributed by atoms with Crippen LogP contribution in [-0.2, 0) is 0 Å². The standard InChI is InChI=1S/C6H3Cl3N/c7-4-1-3(10)2-5(8)6(4)9/h1-2,10H. The Morgan fingerprint density at radius 3 is 1.80 bits per heavy atom. The Kier molecular flexibility index (Phi) is 2.29. The lowest BCUT2D eigenvalue weighted by atomic mass is 10.3. The summed E-state index contributed by atoms with van der Waals surface area (Å²) in [5.41, 5.74) is 7.41. The molecule has 10 heavy (non-hydrogen) atoms. The summed E-state index contributed by atoms with van der Waals surface area (Å²) in [6, 6.07) is 2.88. The molecule has 4 heteroatoms. The minimum absolute atomic E-state index is 0.263. The highest BCUT2D eigenvalue weighted by molar-refractivity contribution is 6.48. The zero-order valence-corrected chi connectivity index (χ0v) is 7.06. The summed E-state index contributed by atoms with van der Waals surface area (Å²) in [6.07, 6.45) is 0. The molecule has 0 fully saturated rings. The minimum atomic E-state index is 0.263. The van der Waals surface area contributed by atoms with E-state index in [1.807, 2.05) is 0 Å². The van der Waals surface area contributed by atoms with Crippen LogP contribution in [0.4, 0.5) is 5.69 Å². The maximum atomic E-state index is 7.15. The van der Waals surface area contributed by atoms with Gasteiger partial charge in [0.1, 0.15) is 0 Å². The van der Waals surface area contributed by atoms with Crippen LogP contribution in [0.3, 0.4) is 0 Å². The SMILES string of the molecule is [NH]c1cc(Cl)c(Cl)c(Cl)c1. The fourth-order valence-corrected chi connectivity index (χ4v) is 1.15. The molecule has 53 valence electrons. The van der Waals surface area contributed by atoms with E-state index >= 15 is 0 Å². The number of hydrogen-bond donors (Lipinski definition) is 0. The Morgan fingerprint density at radius 2 is 1.40 bits per heavy atom. The zero-order chi connectivity index (χ0) is 7.72. The summed E-state index contributed by atoms with van der Waals surface area (Å²) in [7, 11) is 0. The second-order valence-electron chi connectivity index (χ2n) is 1.75. The molecule has 0 saturated carbocycles. The van der Waals surface area contributed by atoms with Gasteiger partial charge in [-0.3, -0.25) is 0 Å². The highest BCUT2D eigenvalue weighted by Crippen LogP contribution is 2.32. The molecule has 1 nitrogen and oxygen atoms in total. The molecule has 0 atom stereocenters. The summed E-state index contributed by atoms with van der Waals surface area (Å²) in [5, 5.41) is 0.942. The van der Waals surface area contributed by atoms with E-state index in [4.69, 9.17) is 40.5 Å². The van der Waals surface area contributed by atoms with Gasteiger partial charge >= 0.3 is 0 Å². The Hall–Kier alpha value is -0.110. The van der Waals surface area contributed by atoms with Crippen molar-refractivity contribution in [3.8, 4) is 0 Å². The van der Waals surface area contributed by atoms with Crippen molar-refractivity contribution in [2.24, 2.45) is 0 Å². The predicted octanol–water partition coefficient (Wildman–Crippen LogP) is 3.56. The predicted molar refractivity (Wildman–Crippen MR) is 44.2 cm³/mol. The number of benzene rings is 1. The topological polar surface area (TPSA) is 23.8 Å². The molecule has 0 bridgehead atoms. The average Bonchev–Trinajstić information content (AvgIpc) is 1.82. The van der Waals surface area contributed by atoms with Crippen molar-refractivity contribution in [3.05, 3.63) is 27.2 Å². The first-order valence-corrected chi connectivity index (χ1v) is 3.61. The molecule has 1 aromatic carbocycles. The van der Waals surface area contributed by atoms with E-state index in [0.717, 1.165) is 0 Å². The lowest BCUT2D eigenvalue weighted by Crippen LogP contribution is -1.73. The molecule has 0 aromatic heterocycles. The lowest BCUT2D eigenvalue weighted by molar-refractivity contribution is 1.49. The monoisotopic (exact) mass is 194 g/mol. The van der Waals surface area contributed by atoms with E-state index in [1.165, 1.54) is 12.1 Å². The normalized spacial score (nSPS) is 9.90. The quantitative estimate of drug-likeness (QED) is 0.565. The van der Waals surface area contributed by atoms with Crippen LogP contribution in [0.5, 0.6) is 0 Å². The van der Waals surface area contributed by atoms with Gasteiger partial charge in [-0.1, -0.05) is 34.8 Å². The molecule has 1 N–H and O–H groups in total. The van der Waals surface area contributed by atoms with Crippen LogP contribution in [0.25, 0.3) is 0 Å². The molecule has 0 saturated heterocycles. The van der Waals surface area contributed by atoms with Crippen LogP contribution in [0.15, 0.2) is 12.1 Å². The molecule has 0 aliphatic rings. The highest BCUT2D eigenvalue weighted by atomic mass is 35.5. The van der Waals surface area contributed by atoms with Crippen LogP contribution < -0.4 is 5.73 Å². The second kappa shape index (κ2) is 2.87. The molecule has 0 aliphatic heterocycles. The maximum absolute atomic E-state index is 7.15. The maximum Gasteiger partial charge on any atom is 0.0780 e. The van der Waals surface area contributed by atoms with Gasteiger partial charge in [0.15, 0.2) is 0 Å². The third-order valence-corrected chi connectivity index (χ3v) is 2.18. The summed E-state index contributed by atoms with van der Waals surface area (Å²) < 4.78 is 0. The third kappa shape index (κ3) is 1.48. The van der Waals surface area contributed by atoms with Crippen LogP contribution >= 0.6 is 34.8 Å². The van der Waals surface area contributed by atoms with E-state index in [9.17, 15) is 0 Å². The molecule has 1 rings (SSSR count). The van der Waals surface area contributed by atoms with Crippen LogP contribution in [0.2, 0.25) is 15.1 Å². The van der Waals surface area contributed by atoms with Crippen molar-refractivity contribution in [1.82, 2.24) is 5.73 Å². The van der Waals surface area contributed by atoms with Crippen molar-refractivity contribution in [1.29, 1.82) is 0 Å². The van der Waals surface area contributed by atoms with Gasteiger partial charge in [0.25, 0.3) is 0 Å². The lowest BCUT2D eigenvalue weighted by Gasteiger charge is -1.98. The van der Waals surface area contributed by atoms with Crippen LogP contribution in [0, 0.1) is 0 Å². The summed E-state index contributed by atoms with van der Waals surface area (Å²) >= 11 is 16.8. The molecule has 1 radical (unpaired) electrons. The highest BCUT2D eigenvalue weighted by Gasteiger charge is 2.03. The van der Waals surface area contributed by atoms with Gasteiger partial charge in [0, 0.05) is 0 Å². The largest absolute Gasteiger partial charge is 0.301 e. The van der Waals surface area contributed by atoms with Gasteiger partial charge < -0.3 is 5.73 Å². The second-order valence-corrected chi connectivity index (χ2v) is 2.95. The van der Waals surface area contributed by atoms with Gasteiger partial charge in [0.2, 0.25) is 0 Å². The van der Waals surface area contributed by atoms with Gasteiger partial charge in [-0.15, -0.1) is 0 Å². The van der Waals surface area contributed by atoms with Crippen molar-refractivity contribution in [2.45, 2.75) is 0 Å². The molecule has 1 aromatic rings. The first-order chi connectivity index (χ1) is 4.61. The number of nitrogens with one attached hydrogen (secondary N) is 1. The van der Waals surface area contributed by atoms with Crippen molar-refractivity contribution in [3.63, 3.8) is 0 Å². The van der Waals surface area contributed by atoms with E-state index < -0.39 is 0 Å². The number of rotatable bonds is 0. The van der Waals surface area contributed by atoms with Crippen molar-refractivity contribution >= 4 is 40.5 Å².